The van der Waals surface area contributed by atoms with Crippen LogP contribution in [0.15, 0.2) is 54.6 Å². The lowest BCUT2D eigenvalue weighted by molar-refractivity contribution is -0.941. The maximum Gasteiger partial charge on any atom is 0.384 e. The van der Waals surface area contributed by atoms with E-state index in [4.69, 9.17) is 42.6 Å². The van der Waals surface area contributed by atoms with E-state index in [9.17, 15) is 19.8 Å². The van der Waals surface area contributed by atoms with Crippen molar-refractivity contribution >= 4 is 11.9 Å². The summed E-state index contributed by atoms with van der Waals surface area (Å²) >= 11 is 0. The molecule has 0 saturated heterocycles. The third kappa shape index (κ3) is 11.0. The Bertz CT molecular complexity index is 2460. The number of nitrogens with zero attached hydrogens (tertiary/aromatic N) is 2. The Morgan fingerprint density at radius 3 is 1.73 bits per heavy atom. The van der Waals surface area contributed by atoms with Gasteiger partial charge in [-0.3, -0.25) is 0 Å². The monoisotopic (exact) mass is 926 g/mol. The Labute approximate surface area is 394 Å². The summed E-state index contributed by atoms with van der Waals surface area (Å²) in [4.78, 5) is 25.5. The first kappa shape index (κ1) is 50.2. The molecule has 360 valence electrons. The number of likely N-dealkylation sites (N-methyl/N-ethyl adjacent to an activating group) is 2. The standard InChI is InChI=1S/C52H66N2O13/c1-53(22-18-35-29-46(63-7)47(64-8)31-39(35)41(53)26-34-12-14-42(59-3)44(27-34)61-5)20-10-24-66-48(57)16-17-49(58)67-25-11-21-54(2)23-19-36-28-38(32-55)40(33-56)52(65-9)50(36)51(54)37-13-15-43(60-4)45(30-37)62-6/h12-15,27-31,41,51,55-56H,10-11,18-26,32-33H2,1-9H3/q+2. The van der Waals surface area contributed by atoms with E-state index in [0.717, 1.165) is 41.8 Å². The molecule has 6 rings (SSSR count). The summed E-state index contributed by atoms with van der Waals surface area (Å²) in [5.41, 5.74) is 7.50. The van der Waals surface area contributed by atoms with Crippen molar-refractivity contribution in [2.75, 3.05) is 103 Å². The highest BCUT2D eigenvalue weighted by Crippen LogP contribution is 2.48. The maximum absolute atomic E-state index is 12.8. The molecule has 4 aromatic carbocycles. The third-order valence-electron chi connectivity index (χ3n) is 13.5. The Hall–Kier alpha value is -6.18. The van der Waals surface area contributed by atoms with Crippen molar-refractivity contribution in [3.63, 3.8) is 0 Å². The van der Waals surface area contributed by atoms with Crippen LogP contribution in [0, 0.1) is 11.8 Å². The number of hydrogen-bond acceptors (Lipinski definition) is 13. The Morgan fingerprint density at radius 1 is 0.612 bits per heavy atom. The molecule has 4 atom stereocenters. The van der Waals surface area contributed by atoms with E-state index in [1.165, 1.54) is 11.1 Å². The number of hydrogen-bond donors (Lipinski definition) is 2. The van der Waals surface area contributed by atoms with Gasteiger partial charge >= 0.3 is 11.9 Å². The number of rotatable bonds is 20. The number of fused-ring (bicyclic) bond motifs is 2. The molecule has 0 fully saturated rings. The minimum Gasteiger partial charge on any atom is -0.496 e. The summed E-state index contributed by atoms with van der Waals surface area (Å²) < 4.78 is 51.9. The van der Waals surface area contributed by atoms with Gasteiger partial charge < -0.3 is 61.8 Å². The molecule has 4 aromatic rings. The van der Waals surface area contributed by atoms with Crippen LogP contribution in [-0.4, -0.2) is 134 Å². The molecule has 67 heavy (non-hydrogen) atoms. The van der Waals surface area contributed by atoms with Gasteiger partial charge in [0.2, 0.25) is 0 Å². The molecule has 0 aliphatic carbocycles. The maximum atomic E-state index is 12.8. The zero-order valence-corrected chi connectivity index (χ0v) is 40.3. The lowest BCUT2D eigenvalue weighted by Crippen LogP contribution is -2.52. The van der Waals surface area contributed by atoms with Gasteiger partial charge in [-0.25, -0.2) is 9.59 Å². The molecule has 0 radical (unpaired) electrons. The second kappa shape index (κ2) is 22.5. The molecule has 15 heteroatoms. The van der Waals surface area contributed by atoms with Crippen molar-refractivity contribution in [1.29, 1.82) is 0 Å². The highest BCUT2D eigenvalue weighted by atomic mass is 16.5. The average Bonchev–Trinajstić information content (AvgIpc) is 3.35. The second-order valence-electron chi connectivity index (χ2n) is 17.4. The first-order valence-corrected chi connectivity index (χ1v) is 22.5. The second-order valence-corrected chi connectivity index (χ2v) is 17.4. The van der Waals surface area contributed by atoms with Crippen LogP contribution in [0.1, 0.15) is 69.4 Å². The van der Waals surface area contributed by atoms with E-state index < -0.39 is 11.9 Å². The van der Waals surface area contributed by atoms with Gasteiger partial charge in [-0.15, -0.1) is 0 Å². The van der Waals surface area contributed by atoms with Crippen LogP contribution >= 0.6 is 0 Å². The van der Waals surface area contributed by atoms with Crippen LogP contribution in [0.5, 0.6) is 40.2 Å². The number of benzene rings is 4. The van der Waals surface area contributed by atoms with Crippen LogP contribution in [0.4, 0.5) is 0 Å². The van der Waals surface area contributed by atoms with Crippen molar-refractivity contribution in [2.24, 2.45) is 0 Å². The van der Waals surface area contributed by atoms with Gasteiger partial charge in [0, 0.05) is 60.6 Å². The molecule has 2 aliphatic heterocycles. The topological polar surface area (TPSA) is 158 Å². The molecule has 0 saturated carbocycles. The van der Waals surface area contributed by atoms with E-state index in [1.54, 1.807) is 49.8 Å². The first-order valence-electron chi connectivity index (χ1n) is 22.5. The van der Waals surface area contributed by atoms with Gasteiger partial charge in [-0.05, 0) is 64.7 Å². The average molecular weight is 927 g/mol. The van der Waals surface area contributed by atoms with E-state index in [-0.39, 0.29) is 38.5 Å². The van der Waals surface area contributed by atoms with E-state index in [1.807, 2.05) is 36.4 Å². The van der Waals surface area contributed by atoms with Crippen LogP contribution in [0.2, 0.25) is 0 Å². The minimum atomic E-state index is -0.819. The Balaban J connectivity index is 1.08. The fourth-order valence-electron chi connectivity index (χ4n) is 10.0. The van der Waals surface area contributed by atoms with Gasteiger partial charge in [0.15, 0.2) is 34.5 Å². The van der Waals surface area contributed by atoms with Crippen molar-refractivity contribution in [3.05, 3.63) is 99.1 Å². The summed E-state index contributed by atoms with van der Waals surface area (Å²) in [6, 6.07) is 17.7. The normalized spacial score (nSPS) is 19.4. The van der Waals surface area contributed by atoms with Crippen LogP contribution < -0.4 is 33.2 Å². The lowest BCUT2D eigenvalue weighted by atomic mass is 9.82. The van der Waals surface area contributed by atoms with E-state index in [0.29, 0.717) is 99.1 Å². The van der Waals surface area contributed by atoms with Crippen LogP contribution in [0.25, 0.3) is 0 Å². The first-order chi connectivity index (χ1) is 32.3. The number of ether oxygens (including phenoxy) is 9. The molecule has 15 nitrogen and oxygen atoms in total. The van der Waals surface area contributed by atoms with E-state index >= 15 is 0 Å². The smallest absolute Gasteiger partial charge is 0.384 e. The summed E-state index contributed by atoms with van der Waals surface area (Å²) in [7, 11) is 15.6. The fourth-order valence-corrected chi connectivity index (χ4v) is 10.0. The largest absolute Gasteiger partial charge is 0.496 e. The van der Waals surface area contributed by atoms with Crippen molar-refractivity contribution in [1.82, 2.24) is 0 Å². The van der Waals surface area contributed by atoms with Gasteiger partial charge in [0.05, 0.1) is 122 Å². The predicted octanol–water partition coefficient (Wildman–Crippen LogP) is 5.68. The van der Waals surface area contributed by atoms with Gasteiger partial charge in [-0.1, -0.05) is 12.1 Å². The highest BCUT2D eigenvalue weighted by molar-refractivity contribution is 5.98. The summed E-state index contributed by atoms with van der Waals surface area (Å²) in [5.74, 6) is 7.36. The third-order valence-corrected chi connectivity index (χ3v) is 13.5. The predicted molar refractivity (Wildman–Crippen MR) is 250 cm³/mol. The molecule has 4 unspecified atom stereocenters. The van der Waals surface area contributed by atoms with Gasteiger partial charge in [0.25, 0.3) is 0 Å². The summed E-state index contributed by atoms with van der Waals surface area (Å²) in [6.07, 6.45) is 3.30. The number of methoxy groups -OCH3 is 7. The molecule has 0 amide bonds. The number of quaternary nitrogens is 2. The number of aliphatic hydroxyl groups is 2. The van der Waals surface area contributed by atoms with Crippen molar-refractivity contribution < 1.29 is 71.4 Å². The summed E-state index contributed by atoms with van der Waals surface area (Å²) in [5, 5.41) is 20.6. The fraction of sp³-hybridized carbons (Fsp3) is 0.462. The zero-order chi connectivity index (χ0) is 48.3. The van der Waals surface area contributed by atoms with Gasteiger partial charge in [-0.2, -0.15) is 0 Å². The van der Waals surface area contributed by atoms with Crippen molar-refractivity contribution in [2.45, 2.75) is 57.4 Å². The molecule has 2 N–H and O–H groups in total. The molecule has 0 aromatic heterocycles. The summed E-state index contributed by atoms with van der Waals surface area (Å²) in [6.45, 7) is 2.56. The molecular formula is C52H66N2O13+2. The molecule has 0 bridgehead atoms. The van der Waals surface area contributed by atoms with Gasteiger partial charge in [0.1, 0.15) is 17.8 Å². The lowest BCUT2D eigenvalue weighted by Gasteiger charge is -2.46. The molecular weight excluding hydrogens is 861 g/mol. The van der Waals surface area contributed by atoms with Crippen LogP contribution in [0.3, 0.4) is 0 Å². The number of carbonyl (C=O) groups excluding carboxylic acids is 2. The number of esters is 2. The van der Waals surface area contributed by atoms with Crippen molar-refractivity contribution in [3.8, 4) is 52.1 Å². The molecule has 2 aliphatic rings. The van der Waals surface area contributed by atoms with Crippen LogP contribution in [-0.2, 0) is 51.5 Å². The Kier molecular flexibility index (Phi) is 16.9. The molecule has 2 heterocycles. The number of carbonyl (C=O) groups is 2. The highest BCUT2D eigenvalue weighted by Gasteiger charge is 2.44. The van der Waals surface area contributed by atoms with E-state index in [2.05, 4.69) is 44.1 Å². The SMILES string of the molecule is COc1ccc(CC2c3cc(OC)c(OC)cc3CC[N+]2(C)CCCOC(=O)C#CC(=O)OCCC[N+]2(C)CCc3cc(CO)c(CO)c(OC)c3C2c2ccc(OC)c(OC)c2)cc1OC. The number of aliphatic hydroxyl groups excluding tert-OH is 2. The minimum absolute atomic E-state index is 0.0427. The molecule has 0 spiro atoms. The quantitative estimate of drug-likeness (QED) is 0.0367. The zero-order valence-electron chi connectivity index (χ0n) is 40.3. The Morgan fingerprint density at radius 2 is 1.15 bits per heavy atom.